The van der Waals surface area contributed by atoms with Crippen molar-refractivity contribution in [2.75, 3.05) is 6.54 Å². The Labute approximate surface area is 130 Å². The lowest BCUT2D eigenvalue weighted by molar-refractivity contribution is 0.835. The van der Waals surface area contributed by atoms with Crippen LogP contribution in [0.1, 0.15) is 37.4 Å². The van der Waals surface area contributed by atoms with E-state index in [2.05, 4.69) is 35.7 Å². The maximum atomic E-state index is 5.71. The van der Waals surface area contributed by atoms with E-state index in [4.69, 9.17) is 5.73 Å². The molecule has 1 rings (SSSR count). The summed E-state index contributed by atoms with van der Waals surface area (Å²) in [5.41, 5.74) is 7.71. The Morgan fingerprint density at radius 2 is 2.28 bits per heavy atom. The Kier molecular flexibility index (Phi) is 8.17. The van der Waals surface area contributed by atoms with Crippen molar-refractivity contribution in [2.45, 2.75) is 33.2 Å². The maximum Gasteiger partial charge on any atom is 0.189 e. The minimum Gasteiger partial charge on any atom is -0.370 e. The molecule has 0 saturated heterocycles. The molecular formula is C12H21IN4S. The Hall–Kier alpha value is -0.630. The molecule has 3 N–H and O–H groups in total. The molecule has 102 valence electrons. The van der Waals surface area contributed by atoms with E-state index in [0.29, 0.717) is 25.0 Å². The third-order valence-corrected chi connectivity index (χ3v) is 3.24. The van der Waals surface area contributed by atoms with Crippen molar-refractivity contribution in [3.05, 3.63) is 28.2 Å². The molecule has 0 saturated carbocycles. The van der Waals surface area contributed by atoms with Gasteiger partial charge in [0.15, 0.2) is 5.96 Å². The highest BCUT2D eigenvalue weighted by atomic mass is 127. The second-order valence-corrected chi connectivity index (χ2v) is 5.23. The molecule has 0 radical (unpaired) electrons. The summed E-state index contributed by atoms with van der Waals surface area (Å²) in [5, 5.41) is 6.16. The molecule has 0 aromatic carbocycles. The van der Waals surface area contributed by atoms with Gasteiger partial charge in [0.05, 0.1) is 17.2 Å². The van der Waals surface area contributed by atoms with E-state index in [1.807, 2.05) is 12.3 Å². The Balaban J connectivity index is 0.00000289. The summed E-state index contributed by atoms with van der Waals surface area (Å²) in [7, 11) is 0. The number of aliphatic imine (C=N–C) groups is 1. The zero-order chi connectivity index (χ0) is 12.8. The molecule has 6 heteroatoms. The largest absolute Gasteiger partial charge is 0.370 e. The molecule has 0 amide bonds. The summed E-state index contributed by atoms with van der Waals surface area (Å²) >= 11 is 1.67. The first-order valence-corrected chi connectivity index (χ1v) is 6.49. The highest BCUT2D eigenvalue weighted by molar-refractivity contribution is 14.0. The van der Waals surface area contributed by atoms with Gasteiger partial charge in [-0.2, -0.15) is 0 Å². The van der Waals surface area contributed by atoms with E-state index in [1.54, 1.807) is 11.3 Å². The Morgan fingerprint density at radius 1 is 1.61 bits per heavy atom. The number of nitrogens with one attached hydrogen (secondary N) is 1. The molecule has 0 aliphatic carbocycles. The summed E-state index contributed by atoms with van der Waals surface area (Å²) in [6, 6.07) is 0. The number of thiazole rings is 1. The van der Waals surface area contributed by atoms with Gasteiger partial charge in [0.1, 0.15) is 0 Å². The zero-order valence-electron chi connectivity index (χ0n) is 11.1. The van der Waals surface area contributed by atoms with Crippen LogP contribution in [0.3, 0.4) is 0 Å². The second kappa shape index (κ2) is 8.47. The van der Waals surface area contributed by atoms with Gasteiger partial charge in [-0.3, -0.25) is 0 Å². The first kappa shape index (κ1) is 17.4. The third kappa shape index (κ3) is 6.34. The van der Waals surface area contributed by atoms with E-state index in [9.17, 15) is 0 Å². The predicted octanol–water partition coefficient (Wildman–Crippen LogP) is 2.86. The standard InChI is InChI=1S/C12H20N4S.HI/c1-8(2)5-14-12(13)15-6-10-7-17-11(16-10)9(3)4;/h7,9H,1,5-6H2,2-4H3,(H3,13,14,15);1H. The van der Waals surface area contributed by atoms with Gasteiger partial charge in [-0.15, -0.1) is 35.3 Å². The van der Waals surface area contributed by atoms with Gasteiger partial charge < -0.3 is 11.1 Å². The molecular weight excluding hydrogens is 359 g/mol. The van der Waals surface area contributed by atoms with Gasteiger partial charge in [-0.05, 0) is 6.92 Å². The lowest BCUT2D eigenvalue weighted by Gasteiger charge is -2.03. The highest BCUT2D eigenvalue weighted by Gasteiger charge is 2.05. The van der Waals surface area contributed by atoms with Gasteiger partial charge in [-0.1, -0.05) is 26.0 Å². The van der Waals surface area contributed by atoms with Crippen molar-refractivity contribution in [3.8, 4) is 0 Å². The third-order valence-electron chi connectivity index (χ3n) is 2.05. The molecule has 4 nitrogen and oxygen atoms in total. The maximum absolute atomic E-state index is 5.71. The molecule has 0 bridgehead atoms. The molecule has 18 heavy (non-hydrogen) atoms. The fourth-order valence-corrected chi connectivity index (χ4v) is 1.95. The average Bonchev–Trinajstić information content (AvgIpc) is 2.72. The van der Waals surface area contributed by atoms with E-state index in [1.165, 1.54) is 0 Å². The molecule has 1 heterocycles. The Morgan fingerprint density at radius 3 is 2.78 bits per heavy atom. The van der Waals surface area contributed by atoms with Crippen molar-refractivity contribution in [2.24, 2.45) is 10.7 Å². The van der Waals surface area contributed by atoms with Crippen LogP contribution in [-0.4, -0.2) is 17.5 Å². The predicted molar refractivity (Wildman–Crippen MR) is 89.8 cm³/mol. The van der Waals surface area contributed by atoms with Crippen LogP contribution in [0, 0.1) is 0 Å². The number of halogens is 1. The van der Waals surface area contributed by atoms with Gasteiger partial charge in [0, 0.05) is 17.8 Å². The Bertz CT molecular complexity index is 412. The van der Waals surface area contributed by atoms with Crippen molar-refractivity contribution in [1.82, 2.24) is 10.3 Å². The van der Waals surface area contributed by atoms with E-state index in [0.717, 1.165) is 16.3 Å². The van der Waals surface area contributed by atoms with Crippen LogP contribution in [0.5, 0.6) is 0 Å². The van der Waals surface area contributed by atoms with Crippen LogP contribution < -0.4 is 11.1 Å². The number of guanidine groups is 1. The molecule has 0 atom stereocenters. The average molecular weight is 380 g/mol. The smallest absolute Gasteiger partial charge is 0.189 e. The van der Waals surface area contributed by atoms with Crippen LogP contribution >= 0.6 is 35.3 Å². The fraction of sp³-hybridized carbons (Fsp3) is 0.500. The summed E-state index contributed by atoms with van der Waals surface area (Å²) in [6.07, 6.45) is 0. The molecule has 0 spiro atoms. The first-order valence-electron chi connectivity index (χ1n) is 5.61. The van der Waals surface area contributed by atoms with Crippen molar-refractivity contribution in [3.63, 3.8) is 0 Å². The summed E-state index contributed by atoms with van der Waals surface area (Å²) in [5.74, 6) is 0.906. The molecule has 0 aliphatic heterocycles. The SMILES string of the molecule is C=C(C)CNC(N)=NCc1csc(C(C)C)n1.I. The summed E-state index contributed by atoms with van der Waals surface area (Å²) in [4.78, 5) is 8.71. The molecule has 0 fully saturated rings. The molecule has 0 unspecified atom stereocenters. The normalized spacial score (nSPS) is 11.2. The van der Waals surface area contributed by atoms with E-state index >= 15 is 0 Å². The molecule has 0 aliphatic rings. The van der Waals surface area contributed by atoms with Gasteiger partial charge in [0.2, 0.25) is 0 Å². The van der Waals surface area contributed by atoms with Crippen LogP contribution in [0.4, 0.5) is 0 Å². The number of nitrogens with zero attached hydrogens (tertiary/aromatic N) is 2. The van der Waals surface area contributed by atoms with Crippen molar-refractivity contribution < 1.29 is 0 Å². The minimum absolute atomic E-state index is 0. The highest BCUT2D eigenvalue weighted by Crippen LogP contribution is 2.19. The van der Waals surface area contributed by atoms with Gasteiger partial charge in [-0.25, -0.2) is 9.98 Å². The lowest BCUT2D eigenvalue weighted by atomic mass is 10.2. The minimum atomic E-state index is 0. The van der Waals surface area contributed by atoms with Crippen LogP contribution in [0.15, 0.2) is 22.5 Å². The van der Waals surface area contributed by atoms with Crippen molar-refractivity contribution in [1.29, 1.82) is 0 Å². The number of hydrogen-bond donors (Lipinski definition) is 2. The zero-order valence-corrected chi connectivity index (χ0v) is 14.2. The van der Waals surface area contributed by atoms with E-state index in [-0.39, 0.29) is 24.0 Å². The first-order chi connectivity index (χ1) is 7.99. The monoisotopic (exact) mass is 380 g/mol. The number of rotatable bonds is 5. The quantitative estimate of drug-likeness (QED) is 0.357. The fourth-order valence-electron chi connectivity index (χ4n) is 1.12. The summed E-state index contributed by atoms with van der Waals surface area (Å²) in [6.45, 7) is 11.2. The lowest BCUT2D eigenvalue weighted by Crippen LogP contribution is -2.32. The molecule has 1 aromatic rings. The summed E-state index contributed by atoms with van der Waals surface area (Å²) < 4.78 is 0. The molecule has 1 aromatic heterocycles. The van der Waals surface area contributed by atoms with E-state index < -0.39 is 0 Å². The number of hydrogen-bond acceptors (Lipinski definition) is 3. The van der Waals surface area contributed by atoms with Crippen molar-refractivity contribution >= 4 is 41.3 Å². The van der Waals surface area contributed by atoms with Gasteiger partial charge >= 0.3 is 0 Å². The topological polar surface area (TPSA) is 63.3 Å². The van der Waals surface area contributed by atoms with Crippen LogP contribution in [0.2, 0.25) is 0 Å². The van der Waals surface area contributed by atoms with Crippen LogP contribution in [0.25, 0.3) is 0 Å². The second-order valence-electron chi connectivity index (χ2n) is 4.34. The van der Waals surface area contributed by atoms with Crippen LogP contribution in [-0.2, 0) is 6.54 Å². The number of nitrogens with two attached hydrogens (primary N) is 1. The van der Waals surface area contributed by atoms with Gasteiger partial charge in [0.25, 0.3) is 0 Å². The number of aromatic nitrogens is 1.